The van der Waals surface area contributed by atoms with Crippen LogP contribution in [0, 0.1) is 21.3 Å². The molecule has 0 aliphatic heterocycles. The van der Waals surface area contributed by atoms with Gasteiger partial charge in [0.05, 0.1) is 0 Å². The van der Waals surface area contributed by atoms with Crippen LogP contribution in [0.1, 0.15) is 21.6 Å². The van der Waals surface area contributed by atoms with Crippen molar-refractivity contribution in [3.05, 3.63) is 21.3 Å². The van der Waals surface area contributed by atoms with Gasteiger partial charge in [-0.3, -0.25) is 0 Å². The Kier molecular flexibility index (Phi) is 134. The largest absolute Gasteiger partial charge is 3.00 e. The molecule has 0 saturated carbocycles. The van der Waals surface area contributed by atoms with Gasteiger partial charge in [-0.05, 0) is 0 Å². The Bertz CT molecular complexity index is 8.49. The molecule has 0 N–H and O–H groups in total. The van der Waals surface area contributed by atoms with Crippen molar-refractivity contribution in [1.82, 2.24) is 0 Å². The summed E-state index contributed by atoms with van der Waals surface area (Å²) in [5, 5.41) is 0. The van der Waals surface area contributed by atoms with Gasteiger partial charge in [-0.15, -0.1) is 0 Å². The van der Waals surface area contributed by atoms with Crippen molar-refractivity contribution in [2.24, 2.45) is 0 Å². The van der Waals surface area contributed by atoms with E-state index in [1.54, 1.807) is 6.92 Å². The Morgan fingerprint density at radius 2 is 1.57 bits per heavy atom. The van der Waals surface area contributed by atoms with Gasteiger partial charge in [-0.1, -0.05) is 6.92 Å². The minimum absolute atomic E-state index is 0. The van der Waals surface area contributed by atoms with Crippen LogP contribution in [0.25, 0.3) is 0 Å². The third-order valence-electron chi connectivity index (χ3n) is 0. The van der Waals surface area contributed by atoms with Crippen molar-refractivity contribution in [3.63, 3.8) is 0 Å². The van der Waals surface area contributed by atoms with Crippen molar-refractivity contribution in [2.75, 3.05) is 0 Å². The molecule has 0 nitrogen and oxygen atoms in total. The first kappa shape index (κ1) is 15.7. The maximum absolute atomic E-state index is 5.50. The van der Waals surface area contributed by atoms with E-state index in [-0.39, 0.29) is 32.7 Å². The molecule has 0 bridgehead atoms. The zero-order valence-electron chi connectivity index (χ0n) is 6.41. The van der Waals surface area contributed by atoms with Gasteiger partial charge >= 0.3 is 32.7 Å². The van der Waals surface area contributed by atoms with Crippen LogP contribution in [0.15, 0.2) is 0 Å². The second-order valence-electron chi connectivity index (χ2n) is 0.500. The van der Waals surface area contributed by atoms with E-state index in [1.165, 1.54) is 0 Å². The van der Waals surface area contributed by atoms with Gasteiger partial charge in [0.25, 0.3) is 0 Å². The Morgan fingerprint density at radius 1 is 1.57 bits per heavy atom. The summed E-state index contributed by atoms with van der Waals surface area (Å²) in [5.74, 6) is 0. The van der Waals surface area contributed by atoms with Gasteiger partial charge in [-0.2, -0.15) is 13.3 Å². The van der Waals surface area contributed by atoms with Gasteiger partial charge in [0.15, 0.2) is 0 Å². The smallest absolute Gasteiger partial charge is 0.358 e. The molecule has 0 rings (SSSR count). The maximum atomic E-state index is 5.50. The van der Waals surface area contributed by atoms with E-state index in [0.717, 1.165) is 6.42 Å². The van der Waals surface area contributed by atoms with Crippen LogP contribution in [-0.2, 0) is 32.7 Å². The second-order valence-corrected chi connectivity index (χ2v) is 0.500. The summed E-state index contributed by atoms with van der Waals surface area (Å²) in [4.78, 5) is 0. The molecule has 0 aromatic rings. The number of rotatable bonds is 0. The van der Waals surface area contributed by atoms with Crippen LogP contribution in [0.4, 0.5) is 0 Å². The van der Waals surface area contributed by atoms with E-state index in [9.17, 15) is 0 Å². The Balaban J connectivity index is -0.0000000147. The summed E-state index contributed by atoms with van der Waals surface area (Å²) in [6.45, 7) is 10.5. The van der Waals surface area contributed by atoms with Crippen LogP contribution in [0.5, 0.6) is 0 Å². The van der Waals surface area contributed by atoms with Gasteiger partial charge in [0.1, 0.15) is 0 Å². The van der Waals surface area contributed by atoms with Crippen LogP contribution < -0.4 is 0 Å². The molecule has 7 heavy (non-hydrogen) atoms. The van der Waals surface area contributed by atoms with Gasteiger partial charge in [0.2, 0.25) is 0 Å². The standard InChI is InChI=1S/C3H7.C2H5.CH3.Y/c1-3-2;1-2;;/h1,3H2,2H3;1H2,2H3;1H3;/q3*-1;+3/i;;1T;. The molecule has 0 unspecified atom stereocenters. The average Bonchev–Trinajstić information content (AvgIpc) is 1.78. The first-order valence-electron chi connectivity index (χ1n) is 2.62. The molecule has 42 valence electrons. The zero-order valence-corrected chi connectivity index (χ0v) is 8.24. The Labute approximate surface area is 75.4 Å². The van der Waals surface area contributed by atoms with Gasteiger partial charge < -0.3 is 21.3 Å². The SMILES string of the molecule is [3H][CH2-].[CH2-]C.[CH2-]CC.[Y+3]. The summed E-state index contributed by atoms with van der Waals surface area (Å²) in [5.41, 5.74) is 0. The average molecular weight is 178 g/mol. The van der Waals surface area contributed by atoms with Crippen molar-refractivity contribution >= 4 is 0 Å². The minimum atomic E-state index is 0. The van der Waals surface area contributed by atoms with E-state index in [2.05, 4.69) is 21.3 Å². The molecule has 0 aromatic carbocycles. The predicted octanol–water partition coefficient (Wildman–Crippen LogP) is 2.52. The number of hydrogen-bond acceptors (Lipinski definition) is 0. The second kappa shape index (κ2) is 59.8. The van der Waals surface area contributed by atoms with Crippen molar-refractivity contribution in [2.45, 2.75) is 20.3 Å². The van der Waals surface area contributed by atoms with Gasteiger partial charge in [-0.25, -0.2) is 1.37 Å². The first-order valence-corrected chi connectivity index (χ1v) is 1.91. The Hall–Kier alpha value is 1.10. The Morgan fingerprint density at radius 3 is 1.57 bits per heavy atom. The molecular weight excluding hydrogens is 161 g/mol. The molecule has 0 spiro atoms. The molecule has 0 atom stereocenters. The fraction of sp³-hybridized carbons (Fsp3) is 0.500. The first-order chi connectivity index (χ1) is 3.41. The van der Waals surface area contributed by atoms with Gasteiger partial charge in [0, 0.05) is 0 Å². The third-order valence-corrected chi connectivity index (χ3v) is 0. The van der Waals surface area contributed by atoms with Crippen molar-refractivity contribution in [1.29, 1.82) is 0 Å². The summed E-state index contributed by atoms with van der Waals surface area (Å²) in [6, 6.07) is 0. The normalized spacial score (nSPS) is 4.43. The van der Waals surface area contributed by atoms with E-state index in [0.29, 0.717) is 0 Å². The monoisotopic (exact) mass is 178 g/mol. The summed E-state index contributed by atoms with van der Waals surface area (Å²) in [7, 11) is 2.50. The molecule has 0 heterocycles. The molecular formula is C6H15Y. The van der Waals surface area contributed by atoms with Crippen LogP contribution >= 0.6 is 0 Å². The fourth-order valence-corrected chi connectivity index (χ4v) is 0. The van der Waals surface area contributed by atoms with E-state index < -0.39 is 0 Å². The summed E-state index contributed by atoms with van der Waals surface area (Å²) >= 11 is 0. The molecule has 0 aromatic heterocycles. The van der Waals surface area contributed by atoms with Crippen LogP contribution in [0.2, 0.25) is 0 Å². The minimum Gasteiger partial charge on any atom is -0.358 e. The van der Waals surface area contributed by atoms with Crippen molar-refractivity contribution in [3.8, 4) is 0 Å². The zero-order chi connectivity index (χ0) is 6.71. The molecule has 0 aliphatic carbocycles. The van der Waals surface area contributed by atoms with E-state index >= 15 is 0 Å². The summed E-state index contributed by atoms with van der Waals surface area (Å²) < 4.78 is 5.50. The maximum Gasteiger partial charge on any atom is 3.00 e. The quantitative estimate of drug-likeness (QED) is 0.500. The molecule has 0 saturated heterocycles. The molecule has 0 fully saturated rings. The third kappa shape index (κ3) is 152. The van der Waals surface area contributed by atoms with E-state index in [1.807, 2.05) is 6.92 Å². The predicted molar refractivity (Wildman–Crippen MR) is 33.1 cm³/mol. The van der Waals surface area contributed by atoms with E-state index in [4.69, 9.17) is 1.37 Å². The van der Waals surface area contributed by atoms with Crippen LogP contribution in [0.3, 0.4) is 0 Å². The summed E-state index contributed by atoms with van der Waals surface area (Å²) in [6.07, 6.45) is 1.00. The number of hydrogen-bond donors (Lipinski definition) is 0. The molecule has 0 radical (unpaired) electrons. The fourth-order valence-electron chi connectivity index (χ4n) is 0. The topological polar surface area (TPSA) is 0 Å². The molecule has 1 heteroatoms. The molecule has 0 amide bonds. The van der Waals surface area contributed by atoms with Crippen molar-refractivity contribution < 1.29 is 34.1 Å². The van der Waals surface area contributed by atoms with Crippen LogP contribution in [-0.4, -0.2) is 0 Å². The molecule has 0 aliphatic rings.